The van der Waals surface area contributed by atoms with Crippen LogP contribution < -0.4 is 13.8 Å². The first-order valence-corrected chi connectivity index (χ1v) is 10.8. The normalized spacial score (nSPS) is 11.0. The van der Waals surface area contributed by atoms with Crippen LogP contribution in [0.1, 0.15) is 5.56 Å². The molecule has 0 heterocycles. The van der Waals surface area contributed by atoms with Gasteiger partial charge in [-0.3, -0.25) is 4.79 Å². The molecule has 8 heteroatoms. The molecule has 0 saturated carbocycles. The largest absolute Gasteiger partial charge is 0.497 e. The average Bonchev–Trinajstić information content (AvgIpc) is 2.74. The minimum absolute atomic E-state index is 0.00292. The molecule has 0 atom stereocenters. The Kier molecular flexibility index (Phi) is 6.64. The van der Waals surface area contributed by atoms with Crippen molar-refractivity contribution in [3.8, 4) is 11.5 Å². The third kappa shape index (κ3) is 4.75. The standard InChI is InChI=1S/C22H20ClNO5S/c1-16-14-17(23)8-13-21(16)29-15-22(25)24(18-9-11-19(28-2)12-10-18)30(26,27)20-6-4-3-5-7-20/h3-14H,15H2,1-2H3. The van der Waals surface area contributed by atoms with E-state index in [2.05, 4.69) is 0 Å². The van der Waals surface area contributed by atoms with E-state index in [0.717, 1.165) is 9.87 Å². The Morgan fingerprint density at radius 1 is 1.00 bits per heavy atom. The molecule has 3 aromatic rings. The van der Waals surface area contributed by atoms with Crippen molar-refractivity contribution in [2.24, 2.45) is 0 Å². The number of sulfonamides is 1. The number of ether oxygens (including phenoxy) is 2. The van der Waals surface area contributed by atoms with Crippen LogP contribution in [0.4, 0.5) is 5.69 Å². The Morgan fingerprint density at radius 3 is 2.27 bits per heavy atom. The summed E-state index contributed by atoms with van der Waals surface area (Å²) in [7, 11) is -2.65. The van der Waals surface area contributed by atoms with Crippen LogP contribution in [-0.2, 0) is 14.8 Å². The van der Waals surface area contributed by atoms with Gasteiger partial charge in [0, 0.05) is 5.02 Å². The molecule has 6 nitrogen and oxygen atoms in total. The lowest BCUT2D eigenvalue weighted by molar-refractivity contribution is -0.119. The number of nitrogens with zero attached hydrogens (tertiary/aromatic N) is 1. The number of aryl methyl sites for hydroxylation is 1. The van der Waals surface area contributed by atoms with Gasteiger partial charge < -0.3 is 9.47 Å². The monoisotopic (exact) mass is 445 g/mol. The van der Waals surface area contributed by atoms with Crippen molar-refractivity contribution in [1.29, 1.82) is 0 Å². The van der Waals surface area contributed by atoms with E-state index in [1.807, 2.05) is 0 Å². The molecule has 0 aliphatic carbocycles. The fraction of sp³-hybridized carbons (Fsp3) is 0.136. The van der Waals surface area contributed by atoms with Gasteiger partial charge in [-0.05, 0) is 67.1 Å². The fourth-order valence-electron chi connectivity index (χ4n) is 2.81. The van der Waals surface area contributed by atoms with Gasteiger partial charge in [0.05, 0.1) is 17.7 Å². The summed E-state index contributed by atoms with van der Waals surface area (Å²) < 4.78 is 38.0. The zero-order valence-corrected chi connectivity index (χ0v) is 18.0. The molecule has 0 aromatic heterocycles. The topological polar surface area (TPSA) is 72.9 Å². The second-order valence-corrected chi connectivity index (χ2v) is 8.60. The Hall–Kier alpha value is -3.03. The molecule has 3 rings (SSSR count). The highest BCUT2D eigenvalue weighted by molar-refractivity contribution is 7.93. The second kappa shape index (κ2) is 9.19. The van der Waals surface area contributed by atoms with Crippen LogP contribution in [0.5, 0.6) is 11.5 Å². The summed E-state index contributed by atoms with van der Waals surface area (Å²) in [6.45, 7) is 1.31. The summed E-state index contributed by atoms with van der Waals surface area (Å²) in [4.78, 5) is 13.0. The molecule has 0 saturated heterocycles. The summed E-state index contributed by atoms with van der Waals surface area (Å²) in [6, 6.07) is 18.9. The molecule has 3 aromatic carbocycles. The van der Waals surface area contributed by atoms with Gasteiger partial charge in [-0.1, -0.05) is 29.8 Å². The molecule has 0 N–H and O–H groups in total. The van der Waals surface area contributed by atoms with Gasteiger partial charge >= 0.3 is 0 Å². The third-order valence-corrected chi connectivity index (χ3v) is 6.30. The van der Waals surface area contributed by atoms with Crippen LogP contribution in [0.15, 0.2) is 77.7 Å². The van der Waals surface area contributed by atoms with E-state index in [1.165, 1.54) is 31.4 Å². The smallest absolute Gasteiger partial charge is 0.278 e. The van der Waals surface area contributed by atoms with E-state index in [4.69, 9.17) is 21.1 Å². The van der Waals surface area contributed by atoms with Crippen molar-refractivity contribution >= 4 is 33.2 Å². The maximum Gasteiger partial charge on any atom is 0.278 e. The van der Waals surface area contributed by atoms with Crippen molar-refractivity contribution in [2.45, 2.75) is 11.8 Å². The number of methoxy groups -OCH3 is 1. The molecule has 0 unspecified atom stereocenters. The number of hydrogen-bond donors (Lipinski definition) is 0. The van der Waals surface area contributed by atoms with Gasteiger partial charge in [0.15, 0.2) is 6.61 Å². The highest BCUT2D eigenvalue weighted by Gasteiger charge is 2.31. The summed E-state index contributed by atoms with van der Waals surface area (Å²) in [5.74, 6) is 0.245. The number of halogens is 1. The van der Waals surface area contributed by atoms with Gasteiger partial charge in [-0.2, -0.15) is 4.31 Å². The Balaban J connectivity index is 1.94. The maximum absolute atomic E-state index is 13.3. The van der Waals surface area contributed by atoms with Crippen LogP contribution >= 0.6 is 11.6 Å². The first-order chi connectivity index (χ1) is 14.3. The van der Waals surface area contributed by atoms with E-state index < -0.39 is 22.5 Å². The minimum Gasteiger partial charge on any atom is -0.497 e. The molecule has 0 aliphatic heterocycles. The number of rotatable bonds is 7. The summed E-state index contributed by atoms with van der Waals surface area (Å²) in [5, 5.41) is 0.540. The second-order valence-electron chi connectivity index (χ2n) is 6.37. The predicted molar refractivity (Wildman–Crippen MR) is 116 cm³/mol. The van der Waals surface area contributed by atoms with Crippen molar-refractivity contribution in [1.82, 2.24) is 0 Å². The molecule has 0 radical (unpaired) electrons. The summed E-state index contributed by atoms with van der Waals surface area (Å²) in [5.41, 5.74) is 0.915. The first kappa shape index (κ1) is 21.7. The van der Waals surface area contributed by atoms with Crippen LogP contribution in [0, 0.1) is 6.92 Å². The molecule has 30 heavy (non-hydrogen) atoms. The first-order valence-electron chi connectivity index (χ1n) is 8.99. The highest BCUT2D eigenvalue weighted by Crippen LogP contribution is 2.27. The number of amides is 1. The van der Waals surface area contributed by atoms with E-state index in [1.54, 1.807) is 55.5 Å². The SMILES string of the molecule is COc1ccc(N(C(=O)COc2ccc(Cl)cc2C)S(=O)(=O)c2ccccc2)cc1. The molecule has 0 aliphatic rings. The number of carbonyl (C=O) groups excluding carboxylic acids is 1. The van der Waals surface area contributed by atoms with Crippen molar-refractivity contribution in [2.75, 3.05) is 18.0 Å². The van der Waals surface area contributed by atoms with Crippen LogP contribution in [0.2, 0.25) is 5.02 Å². The number of carbonyl (C=O) groups is 1. The zero-order valence-electron chi connectivity index (χ0n) is 16.4. The Morgan fingerprint density at radius 2 is 1.67 bits per heavy atom. The third-order valence-electron chi connectivity index (χ3n) is 4.30. The van der Waals surface area contributed by atoms with Crippen molar-refractivity contribution < 1.29 is 22.7 Å². The summed E-state index contributed by atoms with van der Waals surface area (Å²) >= 11 is 5.94. The quantitative estimate of drug-likeness (QED) is 0.537. The lowest BCUT2D eigenvalue weighted by atomic mass is 10.2. The lowest BCUT2D eigenvalue weighted by Gasteiger charge is -2.23. The maximum atomic E-state index is 13.3. The molecule has 1 amide bonds. The molecule has 0 bridgehead atoms. The number of hydrogen-bond acceptors (Lipinski definition) is 5. The van der Waals surface area contributed by atoms with Gasteiger partial charge in [-0.15, -0.1) is 0 Å². The van der Waals surface area contributed by atoms with Gasteiger partial charge in [-0.25, -0.2) is 8.42 Å². The van der Waals surface area contributed by atoms with Crippen molar-refractivity contribution in [3.05, 3.63) is 83.4 Å². The number of anilines is 1. The Bertz CT molecular complexity index is 1130. The van der Waals surface area contributed by atoms with Gasteiger partial charge in [0.2, 0.25) is 0 Å². The van der Waals surface area contributed by atoms with Crippen LogP contribution in [-0.4, -0.2) is 28.0 Å². The molecular weight excluding hydrogens is 426 g/mol. The number of benzene rings is 3. The Labute approximate surface area is 180 Å². The summed E-state index contributed by atoms with van der Waals surface area (Å²) in [6.07, 6.45) is 0. The average molecular weight is 446 g/mol. The molecule has 156 valence electrons. The minimum atomic E-state index is -4.15. The lowest BCUT2D eigenvalue weighted by Crippen LogP contribution is -2.40. The van der Waals surface area contributed by atoms with Gasteiger partial charge in [0.1, 0.15) is 11.5 Å². The van der Waals surface area contributed by atoms with Crippen molar-refractivity contribution in [3.63, 3.8) is 0 Å². The van der Waals surface area contributed by atoms with Crippen LogP contribution in [0.3, 0.4) is 0 Å². The van der Waals surface area contributed by atoms with Crippen LogP contribution in [0.25, 0.3) is 0 Å². The molecular formula is C22H20ClNO5S. The molecule has 0 fully saturated rings. The van der Waals surface area contributed by atoms with Gasteiger partial charge in [0.25, 0.3) is 15.9 Å². The van der Waals surface area contributed by atoms with E-state index >= 15 is 0 Å². The molecule has 0 spiro atoms. The van der Waals surface area contributed by atoms with E-state index in [0.29, 0.717) is 16.5 Å². The fourth-order valence-corrected chi connectivity index (χ4v) is 4.46. The predicted octanol–water partition coefficient (Wildman–Crippen LogP) is 4.46. The highest BCUT2D eigenvalue weighted by atomic mass is 35.5. The zero-order chi connectivity index (χ0) is 21.7. The van der Waals surface area contributed by atoms with E-state index in [-0.39, 0.29) is 10.6 Å². The van der Waals surface area contributed by atoms with E-state index in [9.17, 15) is 13.2 Å².